The van der Waals surface area contributed by atoms with Gasteiger partial charge in [-0.2, -0.15) is 0 Å². The summed E-state index contributed by atoms with van der Waals surface area (Å²) in [6.07, 6.45) is 5.26. The first-order chi connectivity index (χ1) is 18.9. The number of thiazole rings is 1. The van der Waals surface area contributed by atoms with Crippen LogP contribution in [0.15, 0.2) is 48.7 Å². The smallest absolute Gasteiger partial charge is 0.227 e. The van der Waals surface area contributed by atoms with Crippen LogP contribution in [0.3, 0.4) is 0 Å². The van der Waals surface area contributed by atoms with Gasteiger partial charge < -0.3 is 24.4 Å². The number of halogens is 1. The van der Waals surface area contributed by atoms with Crippen molar-refractivity contribution in [3.8, 4) is 39.1 Å². The highest BCUT2D eigenvalue weighted by atomic mass is 35.5. The quantitative estimate of drug-likeness (QED) is 0.206. The molecule has 1 aliphatic carbocycles. The number of anilines is 2. The lowest BCUT2D eigenvalue weighted by molar-refractivity contribution is 0.261. The molecule has 1 aliphatic rings. The van der Waals surface area contributed by atoms with Crippen LogP contribution in [-0.2, 0) is 6.42 Å². The number of nitrogens with zero attached hydrogens (tertiary/aromatic N) is 4. The topological polar surface area (TPSA) is 81.6 Å². The Hall–Kier alpha value is -3.40. The highest BCUT2D eigenvalue weighted by molar-refractivity contribution is 7.15. The van der Waals surface area contributed by atoms with E-state index in [1.54, 1.807) is 31.8 Å². The largest absolute Gasteiger partial charge is 0.497 e. The molecule has 0 radical (unpaired) electrons. The lowest BCUT2D eigenvalue weighted by atomic mass is 10.1. The van der Waals surface area contributed by atoms with E-state index in [1.165, 1.54) is 12.8 Å². The Labute approximate surface area is 237 Å². The van der Waals surface area contributed by atoms with Crippen molar-refractivity contribution in [1.82, 2.24) is 19.9 Å². The Morgan fingerprint density at radius 2 is 1.79 bits per heavy atom. The predicted molar refractivity (Wildman–Crippen MR) is 157 cm³/mol. The molecule has 1 saturated carbocycles. The average molecular weight is 566 g/mol. The molecule has 0 bridgehead atoms. The van der Waals surface area contributed by atoms with Crippen LogP contribution in [0.25, 0.3) is 21.8 Å². The SMILES string of the molecule is COc1cc(OC)cc(-c2nc(CC3CC3)sc2-c2ccnc(Nc3ccc(OCCN(C)C)c(Cl)c3)n2)c1. The fourth-order valence-electron chi connectivity index (χ4n) is 4.04. The van der Waals surface area contributed by atoms with Crippen molar-refractivity contribution in [3.05, 3.63) is 58.7 Å². The third-order valence-corrected chi connectivity index (χ3v) is 7.72. The van der Waals surface area contributed by atoms with Crippen molar-refractivity contribution in [2.45, 2.75) is 19.3 Å². The second-order valence-corrected chi connectivity index (χ2v) is 11.2. The van der Waals surface area contributed by atoms with Gasteiger partial charge in [0.2, 0.25) is 5.95 Å². The summed E-state index contributed by atoms with van der Waals surface area (Å²) in [6.45, 7) is 1.37. The molecule has 10 heteroatoms. The molecule has 39 heavy (non-hydrogen) atoms. The van der Waals surface area contributed by atoms with Gasteiger partial charge in [0, 0.05) is 36.5 Å². The monoisotopic (exact) mass is 565 g/mol. The Balaban J connectivity index is 1.43. The molecule has 204 valence electrons. The first-order valence-electron chi connectivity index (χ1n) is 12.8. The summed E-state index contributed by atoms with van der Waals surface area (Å²) in [5.74, 6) is 3.26. The zero-order chi connectivity index (χ0) is 27.4. The molecule has 0 atom stereocenters. The lowest BCUT2D eigenvalue weighted by Crippen LogP contribution is -2.19. The molecule has 1 N–H and O–H groups in total. The fourth-order valence-corrected chi connectivity index (χ4v) is 5.45. The average Bonchev–Trinajstić information content (AvgIpc) is 3.65. The second-order valence-electron chi connectivity index (χ2n) is 9.72. The van der Waals surface area contributed by atoms with Crippen LogP contribution in [-0.4, -0.2) is 61.3 Å². The van der Waals surface area contributed by atoms with E-state index in [0.29, 0.717) is 34.8 Å². The van der Waals surface area contributed by atoms with Crippen LogP contribution in [0, 0.1) is 5.92 Å². The highest BCUT2D eigenvalue weighted by Crippen LogP contribution is 2.42. The van der Waals surface area contributed by atoms with Gasteiger partial charge in [0.1, 0.15) is 23.9 Å². The number of likely N-dealkylation sites (N-methyl/N-ethyl adjacent to an activating group) is 1. The van der Waals surface area contributed by atoms with Gasteiger partial charge >= 0.3 is 0 Å². The van der Waals surface area contributed by atoms with E-state index in [1.807, 2.05) is 56.6 Å². The van der Waals surface area contributed by atoms with Crippen molar-refractivity contribution < 1.29 is 14.2 Å². The van der Waals surface area contributed by atoms with E-state index >= 15 is 0 Å². The predicted octanol–water partition coefficient (Wildman–Crippen LogP) is 6.57. The molecule has 0 aliphatic heterocycles. The van der Waals surface area contributed by atoms with Gasteiger partial charge in [0.25, 0.3) is 0 Å². The third-order valence-electron chi connectivity index (χ3n) is 6.33. The molecule has 8 nitrogen and oxygen atoms in total. The number of ether oxygens (including phenoxy) is 3. The minimum atomic E-state index is 0.469. The first kappa shape index (κ1) is 27.2. The zero-order valence-electron chi connectivity index (χ0n) is 22.5. The first-order valence-corrected chi connectivity index (χ1v) is 14.0. The summed E-state index contributed by atoms with van der Waals surface area (Å²) in [5, 5.41) is 4.90. The van der Waals surface area contributed by atoms with Crippen molar-refractivity contribution in [1.29, 1.82) is 0 Å². The van der Waals surface area contributed by atoms with Crippen molar-refractivity contribution >= 4 is 34.6 Å². The maximum Gasteiger partial charge on any atom is 0.227 e. The van der Waals surface area contributed by atoms with Gasteiger partial charge in [-0.1, -0.05) is 11.6 Å². The van der Waals surface area contributed by atoms with Gasteiger partial charge in [0.05, 0.1) is 40.5 Å². The minimum Gasteiger partial charge on any atom is -0.497 e. The summed E-state index contributed by atoms with van der Waals surface area (Å²) in [7, 11) is 7.30. The maximum atomic E-state index is 6.48. The normalized spacial score (nSPS) is 13.0. The summed E-state index contributed by atoms with van der Waals surface area (Å²) < 4.78 is 16.8. The number of nitrogens with one attached hydrogen (secondary N) is 1. The highest BCUT2D eigenvalue weighted by Gasteiger charge is 2.25. The standard InChI is InChI=1S/C29H32ClN5O3S/c1-35(2)11-12-38-25-8-7-20(16-23(25)30)32-29-31-10-9-24(33-29)28-27(34-26(39-28)13-18-5-6-18)19-14-21(36-3)17-22(15-19)37-4/h7-10,14-18H,5-6,11-13H2,1-4H3,(H,31,32,33). The molecule has 2 aromatic heterocycles. The van der Waals surface area contributed by atoms with Gasteiger partial charge in [-0.25, -0.2) is 15.0 Å². The Morgan fingerprint density at radius 1 is 1.03 bits per heavy atom. The van der Waals surface area contributed by atoms with Gasteiger partial charge in [-0.15, -0.1) is 11.3 Å². The molecule has 0 spiro atoms. The van der Waals surface area contributed by atoms with Crippen molar-refractivity contribution in [2.24, 2.45) is 5.92 Å². The molecule has 0 saturated heterocycles. The summed E-state index contributed by atoms with van der Waals surface area (Å²) >= 11 is 8.16. The molecule has 0 amide bonds. The number of benzene rings is 2. The van der Waals surface area contributed by atoms with Crippen LogP contribution in [0.1, 0.15) is 17.8 Å². The van der Waals surface area contributed by atoms with Crippen molar-refractivity contribution in [2.75, 3.05) is 46.8 Å². The van der Waals surface area contributed by atoms with Crippen LogP contribution in [0.2, 0.25) is 5.02 Å². The van der Waals surface area contributed by atoms with Gasteiger partial charge in [-0.3, -0.25) is 0 Å². The Kier molecular flexibility index (Phi) is 8.50. The maximum absolute atomic E-state index is 6.48. The number of aromatic nitrogens is 3. The molecule has 0 unspecified atom stereocenters. The Morgan fingerprint density at radius 3 is 2.46 bits per heavy atom. The number of methoxy groups -OCH3 is 2. The van der Waals surface area contributed by atoms with Gasteiger partial charge in [-0.05, 0) is 69.3 Å². The van der Waals surface area contributed by atoms with Crippen molar-refractivity contribution in [3.63, 3.8) is 0 Å². The fraction of sp³-hybridized carbons (Fsp3) is 0.345. The second kappa shape index (κ2) is 12.2. The minimum absolute atomic E-state index is 0.469. The van der Waals surface area contributed by atoms with Crippen LogP contribution >= 0.6 is 22.9 Å². The van der Waals surface area contributed by atoms with E-state index in [-0.39, 0.29) is 0 Å². The number of hydrogen-bond donors (Lipinski definition) is 1. The van der Waals surface area contributed by atoms with Gasteiger partial charge in [0.15, 0.2) is 0 Å². The molecular formula is C29H32ClN5O3S. The number of rotatable bonds is 12. The molecule has 4 aromatic rings. The number of hydrogen-bond acceptors (Lipinski definition) is 9. The molecular weight excluding hydrogens is 534 g/mol. The van der Waals surface area contributed by atoms with Crippen LogP contribution in [0.4, 0.5) is 11.6 Å². The summed E-state index contributed by atoms with van der Waals surface area (Å²) in [6, 6.07) is 13.3. The van der Waals surface area contributed by atoms with E-state index in [0.717, 1.165) is 51.4 Å². The molecule has 2 heterocycles. The van der Waals surface area contributed by atoms with E-state index in [9.17, 15) is 0 Å². The third kappa shape index (κ3) is 6.98. The summed E-state index contributed by atoms with van der Waals surface area (Å²) in [5.41, 5.74) is 3.34. The van der Waals surface area contributed by atoms with Crippen LogP contribution < -0.4 is 19.5 Å². The van der Waals surface area contributed by atoms with E-state index in [4.69, 9.17) is 35.8 Å². The summed E-state index contributed by atoms with van der Waals surface area (Å²) in [4.78, 5) is 17.4. The molecule has 5 rings (SSSR count). The Bertz CT molecular complexity index is 1420. The van der Waals surface area contributed by atoms with E-state index < -0.39 is 0 Å². The van der Waals surface area contributed by atoms with Crippen LogP contribution in [0.5, 0.6) is 17.2 Å². The molecule has 2 aromatic carbocycles. The van der Waals surface area contributed by atoms with E-state index in [2.05, 4.69) is 15.2 Å². The molecule has 1 fully saturated rings. The lowest BCUT2D eigenvalue weighted by Gasteiger charge is -2.13. The zero-order valence-corrected chi connectivity index (χ0v) is 24.1.